The summed E-state index contributed by atoms with van der Waals surface area (Å²) in [6.45, 7) is 2.59. The highest BCUT2D eigenvalue weighted by Gasteiger charge is 2.31. The second-order valence-electron chi connectivity index (χ2n) is 4.64. The van der Waals surface area contributed by atoms with Crippen molar-refractivity contribution in [3.63, 3.8) is 0 Å². The van der Waals surface area contributed by atoms with Crippen LogP contribution in [0.2, 0.25) is 0 Å². The highest BCUT2D eigenvalue weighted by atomic mass is 16.5. The molecule has 1 amide bonds. The van der Waals surface area contributed by atoms with Gasteiger partial charge in [-0.1, -0.05) is 0 Å². The van der Waals surface area contributed by atoms with Gasteiger partial charge in [-0.15, -0.1) is 0 Å². The van der Waals surface area contributed by atoms with Crippen molar-refractivity contribution in [1.82, 2.24) is 5.32 Å². The Morgan fingerprint density at radius 1 is 1.32 bits per heavy atom. The second-order valence-corrected chi connectivity index (χ2v) is 4.64. The molecule has 1 saturated heterocycles. The van der Waals surface area contributed by atoms with E-state index in [1.807, 2.05) is 26.1 Å². The van der Waals surface area contributed by atoms with Crippen LogP contribution in [0.5, 0.6) is 11.5 Å². The number of carbonyl (C=O) groups excluding carboxylic acids is 1. The highest BCUT2D eigenvalue weighted by molar-refractivity contribution is 5.98. The molecule has 1 N–H and O–H groups in total. The number of ether oxygens (including phenoxy) is 2. The van der Waals surface area contributed by atoms with Gasteiger partial charge in [0.2, 0.25) is 5.91 Å². The molecule has 19 heavy (non-hydrogen) atoms. The number of methoxy groups -OCH3 is 2. The number of carbonyl (C=O) groups is 1. The van der Waals surface area contributed by atoms with E-state index in [2.05, 4.69) is 5.32 Å². The number of anilines is 1. The Bertz CT molecular complexity index is 488. The van der Waals surface area contributed by atoms with E-state index in [1.165, 1.54) is 0 Å². The monoisotopic (exact) mass is 264 g/mol. The Kier molecular flexibility index (Phi) is 3.95. The SMILES string of the molecule is CNC1CC(=O)N(c2ccc(OC)c(C)c2OC)C1. The van der Waals surface area contributed by atoms with Gasteiger partial charge in [-0.2, -0.15) is 0 Å². The van der Waals surface area contributed by atoms with Crippen molar-refractivity contribution in [1.29, 1.82) is 0 Å². The number of likely N-dealkylation sites (N-methyl/N-ethyl adjacent to an activating group) is 1. The fourth-order valence-corrected chi connectivity index (χ4v) is 2.48. The molecule has 1 aromatic carbocycles. The summed E-state index contributed by atoms with van der Waals surface area (Å²) in [7, 11) is 5.11. The average molecular weight is 264 g/mol. The van der Waals surface area contributed by atoms with Crippen molar-refractivity contribution in [2.24, 2.45) is 0 Å². The van der Waals surface area contributed by atoms with Crippen molar-refractivity contribution in [3.8, 4) is 11.5 Å². The summed E-state index contributed by atoms with van der Waals surface area (Å²) >= 11 is 0. The predicted octanol–water partition coefficient (Wildman–Crippen LogP) is 1.34. The molecule has 0 spiro atoms. The molecule has 0 saturated carbocycles. The normalized spacial score (nSPS) is 18.8. The van der Waals surface area contributed by atoms with Crippen molar-refractivity contribution in [3.05, 3.63) is 17.7 Å². The summed E-state index contributed by atoms with van der Waals surface area (Å²) in [6.07, 6.45) is 0.519. The molecule has 0 aromatic heterocycles. The lowest BCUT2D eigenvalue weighted by molar-refractivity contribution is -0.117. The molecule has 0 bridgehead atoms. The number of hydrogen-bond acceptors (Lipinski definition) is 4. The largest absolute Gasteiger partial charge is 0.496 e. The first-order valence-electron chi connectivity index (χ1n) is 6.31. The zero-order chi connectivity index (χ0) is 14.0. The van der Waals surface area contributed by atoms with Gasteiger partial charge in [-0.25, -0.2) is 0 Å². The Balaban J connectivity index is 2.40. The summed E-state index contributed by atoms with van der Waals surface area (Å²) in [4.78, 5) is 13.8. The van der Waals surface area contributed by atoms with Crippen molar-refractivity contribution >= 4 is 11.6 Å². The van der Waals surface area contributed by atoms with E-state index < -0.39 is 0 Å². The smallest absolute Gasteiger partial charge is 0.228 e. The molecule has 104 valence electrons. The summed E-state index contributed by atoms with van der Waals surface area (Å²) in [5.41, 5.74) is 1.71. The first-order valence-corrected chi connectivity index (χ1v) is 6.31. The molecule has 5 heteroatoms. The van der Waals surface area contributed by atoms with Gasteiger partial charge in [0, 0.05) is 24.6 Å². The Labute approximate surface area is 113 Å². The molecular weight excluding hydrogens is 244 g/mol. The van der Waals surface area contributed by atoms with Crippen molar-refractivity contribution in [2.45, 2.75) is 19.4 Å². The van der Waals surface area contributed by atoms with E-state index >= 15 is 0 Å². The number of nitrogens with one attached hydrogen (secondary N) is 1. The minimum Gasteiger partial charge on any atom is -0.496 e. The van der Waals surface area contributed by atoms with Gasteiger partial charge in [0.05, 0.1) is 19.9 Å². The number of benzene rings is 1. The lowest BCUT2D eigenvalue weighted by Gasteiger charge is -2.22. The molecule has 0 radical (unpaired) electrons. The molecule has 2 rings (SSSR count). The second kappa shape index (κ2) is 5.48. The molecule has 5 nitrogen and oxygen atoms in total. The fourth-order valence-electron chi connectivity index (χ4n) is 2.48. The first-order chi connectivity index (χ1) is 9.12. The van der Waals surface area contributed by atoms with Gasteiger partial charge >= 0.3 is 0 Å². The molecule has 1 fully saturated rings. The van der Waals surface area contributed by atoms with Crippen LogP contribution < -0.4 is 19.7 Å². The van der Waals surface area contributed by atoms with Crippen LogP contribution in [-0.4, -0.2) is 39.8 Å². The predicted molar refractivity (Wildman–Crippen MR) is 74.1 cm³/mol. The van der Waals surface area contributed by atoms with Crippen LogP contribution in [0.4, 0.5) is 5.69 Å². The third kappa shape index (κ3) is 2.38. The molecule has 1 aromatic rings. The standard InChI is InChI=1S/C14H20N2O3/c1-9-12(18-3)6-5-11(14(9)19-4)16-8-10(15-2)7-13(16)17/h5-6,10,15H,7-8H2,1-4H3. The lowest BCUT2D eigenvalue weighted by atomic mass is 10.1. The maximum atomic E-state index is 12.1. The molecule has 1 atom stereocenters. The maximum Gasteiger partial charge on any atom is 0.228 e. The molecular formula is C14H20N2O3. The van der Waals surface area contributed by atoms with E-state index in [-0.39, 0.29) is 11.9 Å². The van der Waals surface area contributed by atoms with Crippen LogP contribution in [0.3, 0.4) is 0 Å². The van der Waals surface area contributed by atoms with Crippen LogP contribution >= 0.6 is 0 Å². The average Bonchev–Trinajstić information content (AvgIpc) is 2.79. The summed E-state index contributed by atoms with van der Waals surface area (Å²) in [5.74, 6) is 1.57. The van der Waals surface area contributed by atoms with E-state index in [1.54, 1.807) is 19.1 Å². The Morgan fingerprint density at radius 2 is 2.05 bits per heavy atom. The van der Waals surface area contributed by atoms with E-state index in [9.17, 15) is 4.79 Å². The molecule has 0 aliphatic carbocycles. The van der Waals surface area contributed by atoms with Crippen LogP contribution in [0.1, 0.15) is 12.0 Å². The topological polar surface area (TPSA) is 50.8 Å². The van der Waals surface area contributed by atoms with Gasteiger partial charge in [0.25, 0.3) is 0 Å². The quantitative estimate of drug-likeness (QED) is 0.891. The van der Waals surface area contributed by atoms with Crippen LogP contribution in [-0.2, 0) is 4.79 Å². The molecule has 1 aliphatic heterocycles. The Hall–Kier alpha value is -1.75. The first kappa shape index (κ1) is 13.7. The zero-order valence-electron chi connectivity index (χ0n) is 11.8. The fraction of sp³-hybridized carbons (Fsp3) is 0.500. The van der Waals surface area contributed by atoms with Crippen molar-refractivity contribution < 1.29 is 14.3 Å². The Morgan fingerprint density at radius 3 is 2.58 bits per heavy atom. The zero-order valence-corrected chi connectivity index (χ0v) is 11.8. The minimum absolute atomic E-state index is 0.113. The maximum absolute atomic E-state index is 12.1. The molecule has 1 heterocycles. The third-order valence-corrected chi connectivity index (χ3v) is 3.58. The van der Waals surface area contributed by atoms with Crippen LogP contribution in [0.25, 0.3) is 0 Å². The van der Waals surface area contributed by atoms with Gasteiger partial charge in [0.15, 0.2) is 0 Å². The van der Waals surface area contributed by atoms with Crippen LogP contribution in [0, 0.1) is 6.92 Å². The van der Waals surface area contributed by atoms with Gasteiger partial charge in [0.1, 0.15) is 11.5 Å². The summed E-state index contributed by atoms with van der Waals surface area (Å²) in [6, 6.07) is 3.94. The minimum atomic E-state index is 0.113. The van der Waals surface area contributed by atoms with E-state index in [0.29, 0.717) is 18.7 Å². The summed E-state index contributed by atoms with van der Waals surface area (Å²) < 4.78 is 10.7. The van der Waals surface area contributed by atoms with Gasteiger partial charge in [-0.3, -0.25) is 4.79 Å². The van der Waals surface area contributed by atoms with Crippen LogP contribution in [0.15, 0.2) is 12.1 Å². The number of rotatable bonds is 4. The number of hydrogen-bond donors (Lipinski definition) is 1. The van der Waals surface area contributed by atoms with Gasteiger partial charge in [-0.05, 0) is 26.1 Å². The molecule has 1 unspecified atom stereocenters. The third-order valence-electron chi connectivity index (χ3n) is 3.58. The molecule has 1 aliphatic rings. The van der Waals surface area contributed by atoms with Gasteiger partial charge < -0.3 is 19.7 Å². The van der Waals surface area contributed by atoms with E-state index in [0.717, 1.165) is 17.0 Å². The van der Waals surface area contributed by atoms with Crippen molar-refractivity contribution in [2.75, 3.05) is 32.7 Å². The summed E-state index contributed by atoms with van der Waals surface area (Å²) in [5, 5.41) is 3.14. The highest BCUT2D eigenvalue weighted by Crippen LogP contribution is 2.38. The van der Waals surface area contributed by atoms with E-state index in [4.69, 9.17) is 9.47 Å². The lowest BCUT2D eigenvalue weighted by Crippen LogP contribution is -2.30. The number of amides is 1. The number of nitrogens with zero attached hydrogens (tertiary/aromatic N) is 1.